The first-order chi connectivity index (χ1) is 8.28. The van der Waals surface area contributed by atoms with Gasteiger partial charge >= 0.3 is 0 Å². The van der Waals surface area contributed by atoms with Crippen LogP contribution in [0.5, 0.6) is 0 Å². The molecule has 1 spiro atoms. The molecule has 2 bridgehead atoms. The lowest BCUT2D eigenvalue weighted by Gasteiger charge is -2.41. The summed E-state index contributed by atoms with van der Waals surface area (Å²) in [6, 6.07) is 7.20. The van der Waals surface area contributed by atoms with Crippen molar-refractivity contribution >= 4 is 0 Å². The number of hydrogen-bond acceptors (Lipinski definition) is 0. The van der Waals surface area contributed by atoms with Crippen LogP contribution < -0.4 is 0 Å². The summed E-state index contributed by atoms with van der Waals surface area (Å²) in [4.78, 5) is 0. The third kappa shape index (κ3) is 1.24. The van der Waals surface area contributed by atoms with E-state index in [9.17, 15) is 0 Å². The van der Waals surface area contributed by atoms with Crippen molar-refractivity contribution in [2.75, 3.05) is 0 Å². The maximum absolute atomic E-state index is 2.52. The van der Waals surface area contributed by atoms with Gasteiger partial charge in [-0.3, -0.25) is 0 Å². The molecule has 0 aliphatic heterocycles. The van der Waals surface area contributed by atoms with Gasteiger partial charge in [-0.1, -0.05) is 35.9 Å². The van der Waals surface area contributed by atoms with Gasteiger partial charge in [0.05, 0.1) is 0 Å². The van der Waals surface area contributed by atoms with E-state index in [0.717, 1.165) is 11.8 Å². The van der Waals surface area contributed by atoms with Crippen molar-refractivity contribution < 1.29 is 0 Å². The molecule has 0 aromatic heterocycles. The van der Waals surface area contributed by atoms with E-state index in [1.165, 1.54) is 37.7 Å². The van der Waals surface area contributed by atoms with E-state index < -0.39 is 0 Å². The molecule has 4 rings (SSSR count). The molecule has 0 heteroatoms. The van der Waals surface area contributed by atoms with Crippen molar-refractivity contribution in [3.8, 4) is 0 Å². The summed E-state index contributed by atoms with van der Waals surface area (Å²) in [5, 5.41) is 0. The van der Waals surface area contributed by atoms with Gasteiger partial charge in [-0.2, -0.15) is 0 Å². The maximum atomic E-state index is 2.52. The van der Waals surface area contributed by atoms with E-state index in [1.807, 2.05) is 0 Å². The van der Waals surface area contributed by atoms with E-state index >= 15 is 0 Å². The van der Waals surface area contributed by atoms with Crippen LogP contribution in [0.15, 0.2) is 30.4 Å². The quantitative estimate of drug-likeness (QED) is 0.580. The summed E-state index contributed by atoms with van der Waals surface area (Å²) in [6.07, 6.45) is 12.0. The summed E-state index contributed by atoms with van der Waals surface area (Å²) in [5.41, 5.74) is 5.31. The minimum absolute atomic E-state index is 0.528. The Morgan fingerprint density at radius 2 is 2.18 bits per heavy atom. The van der Waals surface area contributed by atoms with Gasteiger partial charge in [0.15, 0.2) is 0 Å². The molecule has 17 heavy (non-hydrogen) atoms. The lowest BCUT2D eigenvalue weighted by Crippen LogP contribution is -2.34. The number of hydrogen-bond donors (Lipinski definition) is 0. The van der Waals surface area contributed by atoms with Crippen LogP contribution in [0.1, 0.15) is 42.4 Å². The predicted octanol–water partition coefficient (Wildman–Crippen LogP) is 4.17. The van der Waals surface area contributed by atoms with Crippen LogP contribution in [0.2, 0.25) is 0 Å². The molecule has 3 aliphatic carbocycles. The topological polar surface area (TPSA) is 0 Å². The fraction of sp³-hybridized carbons (Fsp3) is 0.529. The van der Waals surface area contributed by atoms with Gasteiger partial charge < -0.3 is 0 Å². The summed E-state index contributed by atoms with van der Waals surface area (Å²) in [7, 11) is 0. The second kappa shape index (κ2) is 3.25. The Morgan fingerprint density at radius 1 is 1.24 bits per heavy atom. The van der Waals surface area contributed by atoms with E-state index in [-0.39, 0.29) is 0 Å². The van der Waals surface area contributed by atoms with Gasteiger partial charge in [-0.25, -0.2) is 0 Å². The Bertz CT molecular complexity index is 497. The normalized spacial score (nSPS) is 37.7. The number of benzene rings is 1. The first-order valence-corrected chi connectivity index (χ1v) is 7.06. The molecular weight excluding hydrogens is 204 g/mol. The van der Waals surface area contributed by atoms with Crippen molar-refractivity contribution in [1.29, 1.82) is 0 Å². The average Bonchev–Trinajstić information content (AvgIpc) is 2.89. The van der Waals surface area contributed by atoms with Crippen LogP contribution in [0.3, 0.4) is 0 Å². The van der Waals surface area contributed by atoms with Crippen molar-refractivity contribution in [3.63, 3.8) is 0 Å². The first-order valence-electron chi connectivity index (χ1n) is 7.06. The predicted molar refractivity (Wildman–Crippen MR) is 71.1 cm³/mol. The molecule has 0 saturated heterocycles. The van der Waals surface area contributed by atoms with Crippen LogP contribution in [0.25, 0.3) is 0 Å². The third-order valence-corrected chi connectivity index (χ3v) is 5.37. The molecule has 1 fully saturated rings. The fourth-order valence-corrected chi connectivity index (χ4v) is 4.70. The summed E-state index contributed by atoms with van der Waals surface area (Å²) < 4.78 is 0. The fourth-order valence-electron chi connectivity index (χ4n) is 4.70. The zero-order valence-electron chi connectivity index (χ0n) is 10.6. The molecule has 0 nitrogen and oxygen atoms in total. The highest BCUT2D eigenvalue weighted by Gasteiger charge is 2.50. The summed E-state index contributed by atoms with van der Waals surface area (Å²) in [6.45, 7) is 2.22. The summed E-state index contributed by atoms with van der Waals surface area (Å²) in [5.74, 6) is 1.72. The monoisotopic (exact) mass is 224 g/mol. The highest BCUT2D eigenvalue weighted by molar-refractivity contribution is 5.43. The molecule has 88 valence electrons. The van der Waals surface area contributed by atoms with Gasteiger partial charge in [0, 0.05) is 5.41 Å². The van der Waals surface area contributed by atoms with Crippen LogP contribution in [0, 0.1) is 18.8 Å². The molecule has 0 N–H and O–H groups in total. The van der Waals surface area contributed by atoms with E-state index in [4.69, 9.17) is 0 Å². The lowest BCUT2D eigenvalue weighted by atomic mass is 9.63. The molecule has 3 unspecified atom stereocenters. The highest BCUT2D eigenvalue weighted by Crippen LogP contribution is 2.58. The number of fused-ring (bicyclic) bond motifs is 5. The standard InChI is InChI=1S/C17H20/c1-12-4-7-16-14(9-12)3-2-8-17(16)11-13-5-6-15(17)10-13/h4-7,9,13,15H,2-3,8,10-11H2,1H3. The van der Waals surface area contributed by atoms with Crippen LogP contribution in [-0.2, 0) is 11.8 Å². The van der Waals surface area contributed by atoms with Gasteiger partial charge in [-0.15, -0.1) is 0 Å². The van der Waals surface area contributed by atoms with E-state index in [2.05, 4.69) is 37.3 Å². The molecule has 0 amide bonds. The Labute approximate surface area is 104 Å². The molecule has 1 saturated carbocycles. The maximum Gasteiger partial charge on any atom is 0.00243 e. The highest BCUT2D eigenvalue weighted by atomic mass is 14.5. The molecule has 0 radical (unpaired) electrons. The van der Waals surface area contributed by atoms with Crippen LogP contribution >= 0.6 is 0 Å². The van der Waals surface area contributed by atoms with Gasteiger partial charge in [0.1, 0.15) is 0 Å². The molecule has 1 aromatic carbocycles. The minimum atomic E-state index is 0.528. The van der Waals surface area contributed by atoms with E-state index in [0.29, 0.717) is 5.41 Å². The molecule has 1 aromatic rings. The SMILES string of the molecule is Cc1ccc2c(c1)CCCC21CC2C=CC1C2. The van der Waals surface area contributed by atoms with Gasteiger partial charge in [0.2, 0.25) is 0 Å². The smallest absolute Gasteiger partial charge is 0.00243 e. The second-order valence-corrected chi connectivity index (χ2v) is 6.36. The van der Waals surface area contributed by atoms with Crippen LogP contribution in [0.4, 0.5) is 0 Å². The largest absolute Gasteiger partial charge is 0.0851 e. The Balaban J connectivity index is 1.88. The minimum Gasteiger partial charge on any atom is -0.0851 e. The van der Waals surface area contributed by atoms with Crippen molar-refractivity contribution in [3.05, 3.63) is 47.0 Å². The molecule has 0 heterocycles. The van der Waals surface area contributed by atoms with Crippen molar-refractivity contribution in [1.82, 2.24) is 0 Å². The molecule has 3 atom stereocenters. The zero-order valence-corrected chi connectivity index (χ0v) is 10.6. The van der Waals surface area contributed by atoms with E-state index in [1.54, 1.807) is 11.1 Å². The first kappa shape index (κ1) is 9.94. The Hall–Kier alpha value is -1.04. The number of aryl methyl sites for hydroxylation is 2. The third-order valence-electron chi connectivity index (χ3n) is 5.37. The zero-order chi connectivity index (χ0) is 11.5. The van der Waals surface area contributed by atoms with Crippen molar-refractivity contribution in [2.24, 2.45) is 11.8 Å². The number of rotatable bonds is 0. The average molecular weight is 224 g/mol. The molecule has 3 aliphatic rings. The van der Waals surface area contributed by atoms with Crippen molar-refractivity contribution in [2.45, 2.75) is 44.4 Å². The Morgan fingerprint density at radius 3 is 2.94 bits per heavy atom. The van der Waals surface area contributed by atoms with Gasteiger partial charge in [0.25, 0.3) is 0 Å². The van der Waals surface area contributed by atoms with Crippen LogP contribution in [-0.4, -0.2) is 0 Å². The summed E-state index contributed by atoms with van der Waals surface area (Å²) >= 11 is 0. The molecular formula is C17H20. The Kier molecular flexibility index (Phi) is 1.90. The lowest BCUT2D eigenvalue weighted by molar-refractivity contribution is 0.303. The van der Waals surface area contributed by atoms with Gasteiger partial charge in [-0.05, 0) is 62.0 Å². The number of allylic oxidation sites excluding steroid dienone is 2. The second-order valence-electron chi connectivity index (χ2n) is 6.36.